The molecule has 2 aromatic heterocycles. The third-order valence-electron chi connectivity index (χ3n) is 7.22. The Morgan fingerprint density at radius 3 is 1.23 bits per heavy atom. The fraction of sp³-hybridized carbons (Fsp3) is 0.375. The van der Waals surface area contributed by atoms with Gasteiger partial charge in [0, 0.05) is 0 Å². The average molecular weight is 539 g/mol. The van der Waals surface area contributed by atoms with E-state index in [0.717, 1.165) is 25.7 Å². The Labute approximate surface area is 233 Å². The fourth-order valence-electron chi connectivity index (χ4n) is 4.76. The molecule has 5 aromatic rings. The van der Waals surface area contributed by atoms with E-state index in [4.69, 9.17) is 9.47 Å². The quantitative estimate of drug-likeness (QED) is 0.0835. The molecule has 3 aromatic carbocycles. The lowest BCUT2D eigenvalue weighted by Gasteiger charge is -2.16. The lowest BCUT2D eigenvalue weighted by atomic mass is 10.0. The maximum Gasteiger partial charge on any atom is 0.343 e. The molecule has 0 fully saturated rings. The number of rotatable bonds is 14. The van der Waals surface area contributed by atoms with Crippen LogP contribution in [-0.4, -0.2) is 32.3 Å². The summed E-state index contributed by atoms with van der Waals surface area (Å²) < 4.78 is 11.5. The topological polar surface area (TPSA) is 104 Å². The number of carbonyl (C=O) groups excluding carboxylic acids is 2. The highest BCUT2D eigenvalue weighted by Crippen LogP contribution is 2.43. The molecule has 0 aliphatic rings. The highest BCUT2D eigenvalue weighted by atomic mass is 16.6. The first-order chi connectivity index (χ1) is 19.6. The fourth-order valence-corrected chi connectivity index (χ4v) is 4.76. The van der Waals surface area contributed by atoms with Crippen molar-refractivity contribution in [2.24, 2.45) is 0 Å². The summed E-state index contributed by atoms with van der Waals surface area (Å²) in [6, 6.07) is 14.8. The summed E-state index contributed by atoms with van der Waals surface area (Å²) >= 11 is 0. The molecule has 0 spiro atoms. The number of fused-ring (bicyclic) bond motifs is 3. The van der Waals surface area contributed by atoms with Crippen LogP contribution < -0.4 is 9.47 Å². The summed E-state index contributed by atoms with van der Waals surface area (Å²) in [6.07, 6.45) is 11.4. The minimum Gasteiger partial charge on any atom is -0.416 e. The van der Waals surface area contributed by atoms with Gasteiger partial charge in [0.05, 0.1) is 11.1 Å². The Morgan fingerprint density at radius 2 is 0.900 bits per heavy atom. The summed E-state index contributed by atoms with van der Waals surface area (Å²) in [7, 11) is 0. The Morgan fingerprint density at radius 1 is 0.525 bits per heavy atom. The van der Waals surface area contributed by atoms with Crippen molar-refractivity contribution in [2.45, 2.75) is 78.1 Å². The molecule has 0 saturated heterocycles. The van der Waals surface area contributed by atoms with Gasteiger partial charge in [0.2, 0.25) is 11.5 Å². The molecular weight excluding hydrogens is 504 g/mol. The normalized spacial score (nSPS) is 11.4. The first kappa shape index (κ1) is 27.4. The van der Waals surface area contributed by atoms with Crippen molar-refractivity contribution < 1.29 is 19.1 Å². The van der Waals surface area contributed by atoms with Gasteiger partial charge in [0.1, 0.15) is 11.0 Å². The van der Waals surface area contributed by atoms with Crippen molar-refractivity contribution in [2.75, 3.05) is 0 Å². The van der Waals surface area contributed by atoms with E-state index in [1.165, 1.54) is 49.7 Å². The van der Waals surface area contributed by atoms with Crippen molar-refractivity contribution in [3.63, 3.8) is 0 Å². The second-order valence-electron chi connectivity index (χ2n) is 10.2. The molecule has 0 saturated carbocycles. The molecule has 0 aliphatic heterocycles. The predicted molar refractivity (Wildman–Crippen MR) is 153 cm³/mol. The van der Waals surface area contributed by atoms with Crippen LogP contribution in [0.1, 0.15) is 97.1 Å². The van der Waals surface area contributed by atoms with Crippen molar-refractivity contribution >= 4 is 34.0 Å². The number of hydrogen-bond donors (Lipinski definition) is 0. The molecule has 0 radical (unpaired) electrons. The van der Waals surface area contributed by atoms with E-state index in [0.29, 0.717) is 33.2 Å². The molecule has 0 aliphatic carbocycles. The summed E-state index contributed by atoms with van der Waals surface area (Å²) in [5.41, 5.74) is 4.72. The SMILES string of the molecule is CCCCCCc1ccc(C(=O)Oc2c(OC(=O)c3ccc(CCCCCC)cc3)c3nnc3c3nnc23)cc1. The summed E-state index contributed by atoms with van der Waals surface area (Å²) in [6.45, 7) is 4.38. The number of aryl methyl sites for hydroxylation is 2. The zero-order valence-corrected chi connectivity index (χ0v) is 23.1. The number of unbranched alkanes of at least 4 members (excludes halogenated alkanes) is 6. The molecule has 5 rings (SSSR count). The highest BCUT2D eigenvalue weighted by molar-refractivity contribution is 6.11. The van der Waals surface area contributed by atoms with Gasteiger partial charge in [-0.3, -0.25) is 0 Å². The summed E-state index contributed by atoms with van der Waals surface area (Å²) in [5, 5.41) is 16.1. The van der Waals surface area contributed by atoms with Crippen molar-refractivity contribution in [3.8, 4) is 11.5 Å². The number of carbonyl (C=O) groups is 2. The van der Waals surface area contributed by atoms with Gasteiger partial charge in [-0.25, -0.2) is 9.59 Å². The summed E-state index contributed by atoms with van der Waals surface area (Å²) in [4.78, 5) is 26.2. The molecule has 206 valence electrons. The molecule has 0 atom stereocenters. The smallest absolute Gasteiger partial charge is 0.343 e. The first-order valence-corrected chi connectivity index (χ1v) is 14.3. The number of aromatic nitrogens is 4. The van der Waals surface area contributed by atoms with E-state index in [1.54, 1.807) is 24.3 Å². The van der Waals surface area contributed by atoms with Crippen LogP contribution in [0.25, 0.3) is 22.1 Å². The van der Waals surface area contributed by atoms with E-state index in [-0.39, 0.29) is 11.5 Å². The third-order valence-corrected chi connectivity index (χ3v) is 7.22. The van der Waals surface area contributed by atoms with E-state index in [9.17, 15) is 9.59 Å². The van der Waals surface area contributed by atoms with Crippen molar-refractivity contribution in [3.05, 3.63) is 70.8 Å². The van der Waals surface area contributed by atoms with Crippen molar-refractivity contribution in [1.29, 1.82) is 0 Å². The molecule has 0 bridgehead atoms. The molecule has 8 nitrogen and oxygen atoms in total. The largest absolute Gasteiger partial charge is 0.416 e. The molecule has 0 N–H and O–H groups in total. The molecule has 0 amide bonds. The molecule has 40 heavy (non-hydrogen) atoms. The number of ether oxygens (including phenoxy) is 2. The van der Waals surface area contributed by atoms with Gasteiger partial charge in [-0.2, -0.15) is 0 Å². The number of benzene rings is 3. The Bertz CT molecular complexity index is 1430. The van der Waals surface area contributed by atoms with Crippen LogP contribution in [-0.2, 0) is 12.8 Å². The first-order valence-electron chi connectivity index (χ1n) is 14.3. The lowest BCUT2D eigenvalue weighted by Crippen LogP contribution is -2.16. The van der Waals surface area contributed by atoms with Gasteiger partial charge in [0.15, 0.2) is 11.0 Å². The van der Waals surface area contributed by atoms with Gasteiger partial charge in [0.25, 0.3) is 0 Å². The zero-order valence-electron chi connectivity index (χ0n) is 23.1. The van der Waals surface area contributed by atoms with E-state index < -0.39 is 11.9 Å². The van der Waals surface area contributed by atoms with Gasteiger partial charge in [-0.1, -0.05) is 76.6 Å². The molecule has 0 unspecified atom stereocenters. The Hall–Kier alpha value is -4.20. The minimum atomic E-state index is -0.581. The van der Waals surface area contributed by atoms with Crippen LogP contribution in [0.2, 0.25) is 0 Å². The number of hydrogen-bond acceptors (Lipinski definition) is 8. The molecular formula is C32H34N4O4. The summed E-state index contributed by atoms with van der Waals surface area (Å²) in [5.74, 6) is -1.11. The number of esters is 2. The Balaban J connectivity index is 1.31. The predicted octanol–water partition coefficient (Wildman–Crippen LogP) is 7.13. The van der Waals surface area contributed by atoms with Crippen LogP contribution in [0.3, 0.4) is 0 Å². The van der Waals surface area contributed by atoms with Crippen LogP contribution in [0.15, 0.2) is 48.5 Å². The van der Waals surface area contributed by atoms with Gasteiger partial charge < -0.3 is 9.47 Å². The van der Waals surface area contributed by atoms with Gasteiger partial charge >= 0.3 is 11.9 Å². The maximum atomic E-state index is 13.1. The molecule has 8 heteroatoms. The van der Waals surface area contributed by atoms with Crippen LogP contribution in [0.5, 0.6) is 11.5 Å². The van der Waals surface area contributed by atoms with Gasteiger partial charge in [-0.15, -0.1) is 20.4 Å². The van der Waals surface area contributed by atoms with Crippen molar-refractivity contribution in [1.82, 2.24) is 20.4 Å². The minimum absolute atomic E-state index is 0.0249. The van der Waals surface area contributed by atoms with Crippen LogP contribution >= 0.6 is 0 Å². The van der Waals surface area contributed by atoms with Crippen LogP contribution in [0, 0.1) is 0 Å². The van der Waals surface area contributed by atoms with E-state index in [2.05, 4.69) is 34.2 Å². The van der Waals surface area contributed by atoms with Gasteiger partial charge in [-0.05, 0) is 61.1 Å². The van der Waals surface area contributed by atoms with Crippen LogP contribution in [0.4, 0.5) is 0 Å². The lowest BCUT2D eigenvalue weighted by molar-refractivity contribution is 0.0686. The van der Waals surface area contributed by atoms with E-state index in [1.807, 2.05) is 24.3 Å². The molecule has 2 heterocycles. The Kier molecular flexibility index (Phi) is 8.74. The second-order valence-corrected chi connectivity index (χ2v) is 10.2. The standard InChI is InChI=1S/C32H34N4O4/c1-3-5-7-9-11-21-13-17-23(18-14-21)31(37)39-29-27-25(33-35-27)26-28(36-34-26)30(29)40-32(38)24-19-15-22(16-20-24)12-10-8-6-4-2/h13-20H,3-12H2,1-2H3. The average Bonchev–Trinajstić information content (AvgIpc) is 2.94. The zero-order chi connectivity index (χ0) is 27.9. The monoisotopic (exact) mass is 538 g/mol. The maximum absolute atomic E-state index is 13.1. The van der Waals surface area contributed by atoms with E-state index >= 15 is 0 Å². The second kappa shape index (κ2) is 12.8. The third kappa shape index (κ3) is 6.01. The number of nitrogens with zero attached hydrogens (tertiary/aromatic N) is 4. The highest BCUT2D eigenvalue weighted by Gasteiger charge is 2.30.